The molecule has 0 unspecified atom stereocenters. The molecule has 0 radical (unpaired) electrons. The topological polar surface area (TPSA) is 84.5 Å². The number of Topliss-reactive ketones (excluding diaryl/α,β-unsaturated/α-hetero) is 1. The molecule has 0 heterocycles. The van der Waals surface area contributed by atoms with E-state index in [-0.39, 0.29) is 5.78 Å². The molecule has 0 aliphatic heterocycles. The molecule has 0 fully saturated rings. The lowest BCUT2D eigenvalue weighted by Gasteiger charge is -2.23. The number of para-hydroxylation sites is 2. The third-order valence-electron chi connectivity index (χ3n) is 4.10. The van der Waals surface area contributed by atoms with Gasteiger partial charge in [-0.15, -0.1) is 0 Å². The Kier molecular flexibility index (Phi) is 6.34. The standard InChI is InChI=1S/C21H24N2O4/c1-5-27-18-12-7-6-11-17(18)23-20(26)21(3,4)19(25)22-16-10-8-9-15(13-16)14(2)24/h6-13H,5H2,1-4H3,(H,22,25)(H,23,26). The Bertz CT molecular complexity index is 859. The lowest BCUT2D eigenvalue weighted by molar-refractivity contribution is -0.135. The van der Waals surface area contributed by atoms with Crippen LogP contribution >= 0.6 is 0 Å². The molecular weight excluding hydrogens is 344 g/mol. The minimum Gasteiger partial charge on any atom is -0.492 e. The number of hydrogen-bond donors (Lipinski definition) is 2. The number of anilines is 2. The van der Waals surface area contributed by atoms with Crippen molar-refractivity contribution in [1.29, 1.82) is 0 Å². The molecule has 0 aliphatic carbocycles. The molecule has 0 aliphatic rings. The zero-order valence-electron chi connectivity index (χ0n) is 16.0. The molecule has 2 amide bonds. The van der Waals surface area contributed by atoms with E-state index in [9.17, 15) is 14.4 Å². The van der Waals surface area contributed by atoms with Gasteiger partial charge in [-0.3, -0.25) is 14.4 Å². The van der Waals surface area contributed by atoms with Gasteiger partial charge in [0, 0.05) is 11.3 Å². The highest BCUT2D eigenvalue weighted by atomic mass is 16.5. The minimum atomic E-state index is -1.34. The highest BCUT2D eigenvalue weighted by molar-refractivity contribution is 6.14. The molecule has 0 spiro atoms. The van der Waals surface area contributed by atoms with E-state index in [4.69, 9.17) is 4.74 Å². The van der Waals surface area contributed by atoms with Gasteiger partial charge in [0.25, 0.3) is 0 Å². The number of nitrogens with one attached hydrogen (secondary N) is 2. The van der Waals surface area contributed by atoms with E-state index in [1.165, 1.54) is 20.8 Å². The molecule has 27 heavy (non-hydrogen) atoms. The smallest absolute Gasteiger partial charge is 0.239 e. The van der Waals surface area contributed by atoms with E-state index in [0.717, 1.165) is 0 Å². The summed E-state index contributed by atoms with van der Waals surface area (Å²) in [6.07, 6.45) is 0. The van der Waals surface area contributed by atoms with Gasteiger partial charge in [-0.25, -0.2) is 0 Å². The Labute approximate surface area is 158 Å². The number of hydrogen-bond acceptors (Lipinski definition) is 4. The molecule has 142 valence electrons. The van der Waals surface area contributed by atoms with Crippen molar-refractivity contribution in [1.82, 2.24) is 0 Å². The van der Waals surface area contributed by atoms with Crippen LogP contribution in [0.4, 0.5) is 11.4 Å². The number of carbonyl (C=O) groups is 3. The molecule has 6 heteroatoms. The average molecular weight is 368 g/mol. The maximum atomic E-state index is 12.7. The van der Waals surface area contributed by atoms with E-state index < -0.39 is 17.2 Å². The van der Waals surface area contributed by atoms with Gasteiger partial charge in [0.15, 0.2) is 5.78 Å². The van der Waals surface area contributed by atoms with Gasteiger partial charge in [0.1, 0.15) is 11.2 Å². The predicted octanol–water partition coefficient (Wildman–Crippen LogP) is 3.89. The Morgan fingerprint density at radius 2 is 1.63 bits per heavy atom. The summed E-state index contributed by atoms with van der Waals surface area (Å²) in [5.74, 6) is -0.501. The summed E-state index contributed by atoms with van der Waals surface area (Å²) in [4.78, 5) is 36.9. The molecule has 2 N–H and O–H groups in total. The van der Waals surface area contributed by atoms with Crippen LogP contribution in [0.15, 0.2) is 48.5 Å². The van der Waals surface area contributed by atoms with Crippen LogP contribution < -0.4 is 15.4 Å². The lowest BCUT2D eigenvalue weighted by atomic mass is 9.90. The maximum absolute atomic E-state index is 12.7. The summed E-state index contributed by atoms with van der Waals surface area (Å²) in [5, 5.41) is 5.45. The molecule has 2 aromatic rings. The third kappa shape index (κ3) is 4.94. The summed E-state index contributed by atoms with van der Waals surface area (Å²) in [6, 6.07) is 13.6. The van der Waals surface area contributed by atoms with Gasteiger partial charge in [-0.05, 0) is 52.0 Å². The lowest BCUT2D eigenvalue weighted by Crippen LogP contribution is -2.41. The van der Waals surface area contributed by atoms with Crippen LogP contribution in [0.3, 0.4) is 0 Å². The molecule has 0 bridgehead atoms. The molecule has 2 rings (SSSR count). The van der Waals surface area contributed by atoms with Gasteiger partial charge >= 0.3 is 0 Å². The summed E-state index contributed by atoms with van der Waals surface area (Å²) in [5.41, 5.74) is 0.110. The van der Waals surface area contributed by atoms with Gasteiger partial charge in [0.05, 0.1) is 12.3 Å². The Morgan fingerprint density at radius 1 is 0.963 bits per heavy atom. The van der Waals surface area contributed by atoms with Crippen molar-refractivity contribution in [3.05, 3.63) is 54.1 Å². The largest absolute Gasteiger partial charge is 0.492 e. The van der Waals surface area contributed by atoms with Crippen molar-refractivity contribution >= 4 is 29.0 Å². The van der Waals surface area contributed by atoms with Gasteiger partial charge < -0.3 is 15.4 Å². The summed E-state index contributed by atoms with van der Waals surface area (Å²) >= 11 is 0. The molecule has 0 saturated heterocycles. The van der Waals surface area contributed by atoms with Crippen LogP contribution in [-0.2, 0) is 9.59 Å². The van der Waals surface area contributed by atoms with E-state index in [2.05, 4.69) is 10.6 Å². The van der Waals surface area contributed by atoms with Crippen LogP contribution in [0, 0.1) is 5.41 Å². The fraction of sp³-hybridized carbons (Fsp3) is 0.286. The first-order chi connectivity index (χ1) is 12.8. The summed E-state index contributed by atoms with van der Waals surface area (Å²) in [6.45, 7) is 6.84. The number of ether oxygens (including phenoxy) is 1. The van der Waals surface area contributed by atoms with Gasteiger partial charge in [-0.2, -0.15) is 0 Å². The monoisotopic (exact) mass is 368 g/mol. The molecule has 2 aromatic carbocycles. The van der Waals surface area contributed by atoms with Crippen molar-refractivity contribution in [2.45, 2.75) is 27.7 Å². The first-order valence-corrected chi connectivity index (χ1v) is 8.71. The van der Waals surface area contributed by atoms with Crippen molar-refractivity contribution in [2.75, 3.05) is 17.2 Å². The van der Waals surface area contributed by atoms with Crippen LogP contribution in [-0.4, -0.2) is 24.2 Å². The molecule has 0 aromatic heterocycles. The SMILES string of the molecule is CCOc1ccccc1NC(=O)C(C)(C)C(=O)Nc1cccc(C(C)=O)c1. The minimum absolute atomic E-state index is 0.101. The summed E-state index contributed by atoms with van der Waals surface area (Å²) in [7, 11) is 0. The Hall–Kier alpha value is -3.15. The van der Waals surface area contributed by atoms with Crippen LogP contribution in [0.1, 0.15) is 38.1 Å². The van der Waals surface area contributed by atoms with Gasteiger partial charge in [0.2, 0.25) is 11.8 Å². The van der Waals surface area contributed by atoms with Crippen LogP contribution in [0.5, 0.6) is 5.75 Å². The fourth-order valence-corrected chi connectivity index (χ4v) is 2.34. The van der Waals surface area contributed by atoms with Gasteiger partial charge in [-0.1, -0.05) is 24.3 Å². The highest BCUT2D eigenvalue weighted by Gasteiger charge is 2.36. The number of rotatable bonds is 7. The Balaban J connectivity index is 2.14. The predicted molar refractivity (Wildman–Crippen MR) is 105 cm³/mol. The average Bonchev–Trinajstić information content (AvgIpc) is 2.63. The second-order valence-electron chi connectivity index (χ2n) is 6.60. The fourth-order valence-electron chi connectivity index (χ4n) is 2.34. The molecular formula is C21H24N2O4. The number of carbonyl (C=O) groups excluding carboxylic acids is 3. The zero-order valence-corrected chi connectivity index (χ0v) is 16.0. The number of benzene rings is 2. The third-order valence-corrected chi connectivity index (χ3v) is 4.10. The van der Waals surface area contributed by atoms with Crippen molar-refractivity contribution in [3.8, 4) is 5.75 Å². The Morgan fingerprint density at radius 3 is 2.30 bits per heavy atom. The molecule has 0 atom stereocenters. The molecule has 0 saturated carbocycles. The van der Waals surface area contributed by atoms with E-state index in [1.54, 1.807) is 48.5 Å². The number of amides is 2. The van der Waals surface area contributed by atoms with Crippen molar-refractivity contribution in [2.24, 2.45) is 5.41 Å². The first-order valence-electron chi connectivity index (χ1n) is 8.71. The second-order valence-corrected chi connectivity index (χ2v) is 6.60. The van der Waals surface area contributed by atoms with E-state index >= 15 is 0 Å². The van der Waals surface area contributed by atoms with Crippen molar-refractivity contribution in [3.63, 3.8) is 0 Å². The van der Waals surface area contributed by atoms with E-state index in [1.807, 2.05) is 6.92 Å². The first kappa shape index (κ1) is 20.2. The van der Waals surface area contributed by atoms with E-state index in [0.29, 0.717) is 29.3 Å². The highest BCUT2D eigenvalue weighted by Crippen LogP contribution is 2.27. The molecule has 6 nitrogen and oxygen atoms in total. The number of ketones is 1. The quantitative estimate of drug-likeness (QED) is 0.573. The van der Waals surface area contributed by atoms with Crippen molar-refractivity contribution < 1.29 is 19.1 Å². The summed E-state index contributed by atoms with van der Waals surface area (Å²) < 4.78 is 5.50. The normalized spacial score (nSPS) is 10.8. The maximum Gasteiger partial charge on any atom is 0.239 e. The second kappa shape index (κ2) is 8.49. The zero-order chi connectivity index (χ0) is 20.0. The van der Waals surface area contributed by atoms with Crippen LogP contribution in [0.2, 0.25) is 0 Å². The van der Waals surface area contributed by atoms with Crippen LogP contribution in [0.25, 0.3) is 0 Å².